The number of furan rings is 1. The van der Waals surface area contributed by atoms with Gasteiger partial charge in [0.05, 0.1) is 19.3 Å². The zero-order valence-corrected chi connectivity index (χ0v) is 19.3. The molecule has 0 bridgehead atoms. The highest BCUT2D eigenvalue weighted by Gasteiger charge is 2.29. The van der Waals surface area contributed by atoms with Gasteiger partial charge in [-0.2, -0.15) is 0 Å². The molecule has 0 fully saturated rings. The van der Waals surface area contributed by atoms with Gasteiger partial charge in [-0.25, -0.2) is 4.79 Å². The number of thiophene rings is 1. The average molecular weight is 465 g/mol. The minimum atomic E-state index is -0.434. The van der Waals surface area contributed by atoms with Gasteiger partial charge in [-0.15, -0.1) is 23.7 Å². The first-order chi connectivity index (χ1) is 14.5. The van der Waals surface area contributed by atoms with E-state index >= 15 is 0 Å². The average Bonchev–Trinajstić information content (AvgIpc) is 3.34. The second-order valence-electron chi connectivity index (χ2n) is 6.99. The SMILES string of the molecule is CCOc1cccc2cc(C(=O)Nc3sc4c(c3C(=O)OC)CCN(CC)C4)oc12.Cl. The van der Waals surface area contributed by atoms with Gasteiger partial charge < -0.3 is 19.2 Å². The number of methoxy groups -OCH3 is 1. The Morgan fingerprint density at radius 2 is 2.10 bits per heavy atom. The molecular weight excluding hydrogens is 440 g/mol. The third-order valence-corrected chi connectivity index (χ3v) is 6.36. The highest BCUT2D eigenvalue weighted by Crippen LogP contribution is 2.38. The largest absolute Gasteiger partial charge is 0.490 e. The molecule has 1 aliphatic rings. The number of carbonyl (C=O) groups is 2. The number of hydrogen-bond donors (Lipinski definition) is 1. The summed E-state index contributed by atoms with van der Waals surface area (Å²) in [4.78, 5) is 28.8. The van der Waals surface area contributed by atoms with E-state index < -0.39 is 11.9 Å². The molecule has 0 aliphatic carbocycles. The van der Waals surface area contributed by atoms with E-state index in [0.717, 1.165) is 41.9 Å². The molecule has 0 unspecified atom stereocenters. The van der Waals surface area contributed by atoms with Gasteiger partial charge in [-0.1, -0.05) is 19.1 Å². The van der Waals surface area contributed by atoms with Crippen LogP contribution in [0, 0.1) is 0 Å². The summed E-state index contributed by atoms with van der Waals surface area (Å²) in [5, 5.41) is 4.15. The molecule has 166 valence electrons. The molecule has 1 aliphatic heterocycles. The van der Waals surface area contributed by atoms with E-state index in [0.29, 0.717) is 28.5 Å². The smallest absolute Gasteiger partial charge is 0.341 e. The molecule has 31 heavy (non-hydrogen) atoms. The van der Waals surface area contributed by atoms with Crippen molar-refractivity contribution < 1.29 is 23.5 Å². The first kappa shape index (κ1) is 23.1. The summed E-state index contributed by atoms with van der Waals surface area (Å²) in [5.74, 6) is -0.0918. The molecule has 1 amide bonds. The first-order valence-electron chi connectivity index (χ1n) is 9.97. The van der Waals surface area contributed by atoms with Crippen molar-refractivity contribution in [2.24, 2.45) is 0 Å². The van der Waals surface area contributed by atoms with Gasteiger partial charge in [0.25, 0.3) is 5.91 Å². The maximum absolute atomic E-state index is 12.9. The molecule has 0 radical (unpaired) electrons. The summed E-state index contributed by atoms with van der Waals surface area (Å²) in [7, 11) is 1.35. The molecule has 0 saturated carbocycles. The monoisotopic (exact) mass is 464 g/mol. The van der Waals surface area contributed by atoms with Crippen molar-refractivity contribution in [1.82, 2.24) is 4.90 Å². The lowest BCUT2D eigenvalue weighted by Gasteiger charge is -2.25. The summed E-state index contributed by atoms with van der Waals surface area (Å²) in [6.45, 7) is 7.08. The van der Waals surface area contributed by atoms with E-state index in [-0.39, 0.29) is 18.2 Å². The van der Waals surface area contributed by atoms with Crippen LogP contribution in [-0.2, 0) is 17.7 Å². The van der Waals surface area contributed by atoms with Crippen LogP contribution in [0.2, 0.25) is 0 Å². The highest BCUT2D eigenvalue weighted by molar-refractivity contribution is 7.17. The Hall–Kier alpha value is -2.55. The number of amides is 1. The van der Waals surface area contributed by atoms with Crippen LogP contribution in [-0.4, -0.2) is 43.6 Å². The Morgan fingerprint density at radius 1 is 1.29 bits per heavy atom. The Labute approximate surface area is 190 Å². The number of rotatable bonds is 6. The van der Waals surface area contributed by atoms with Crippen LogP contribution in [0.1, 0.15) is 45.2 Å². The molecule has 0 atom stereocenters. The molecule has 7 nitrogen and oxygen atoms in total. The van der Waals surface area contributed by atoms with Gasteiger partial charge in [0, 0.05) is 23.4 Å². The Balaban J connectivity index is 0.00000272. The summed E-state index contributed by atoms with van der Waals surface area (Å²) in [6, 6.07) is 7.20. The predicted molar refractivity (Wildman–Crippen MR) is 123 cm³/mol. The van der Waals surface area contributed by atoms with Gasteiger partial charge >= 0.3 is 5.97 Å². The van der Waals surface area contributed by atoms with Crippen LogP contribution in [0.5, 0.6) is 5.75 Å². The van der Waals surface area contributed by atoms with Crippen LogP contribution >= 0.6 is 23.7 Å². The van der Waals surface area contributed by atoms with Crippen LogP contribution in [0.25, 0.3) is 11.0 Å². The van der Waals surface area contributed by atoms with Gasteiger partial charge in [0.2, 0.25) is 0 Å². The third kappa shape index (κ3) is 4.42. The van der Waals surface area contributed by atoms with Crippen molar-refractivity contribution >= 4 is 51.6 Å². The fraction of sp³-hybridized carbons (Fsp3) is 0.364. The van der Waals surface area contributed by atoms with E-state index in [1.165, 1.54) is 18.4 Å². The lowest BCUT2D eigenvalue weighted by molar-refractivity contribution is 0.0600. The molecule has 9 heteroatoms. The number of halogens is 1. The van der Waals surface area contributed by atoms with Crippen molar-refractivity contribution in [2.75, 3.05) is 32.1 Å². The summed E-state index contributed by atoms with van der Waals surface area (Å²) in [6.07, 6.45) is 0.752. The Bertz CT molecular complexity index is 1110. The molecule has 1 aromatic carbocycles. The van der Waals surface area contributed by atoms with Gasteiger partial charge in [-0.3, -0.25) is 9.69 Å². The number of likely N-dealkylation sites (N-methyl/N-ethyl adjacent to an activating group) is 1. The van der Waals surface area contributed by atoms with E-state index in [2.05, 4.69) is 17.1 Å². The van der Waals surface area contributed by atoms with Gasteiger partial charge in [0.15, 0.2) is 17.1 Å². The molecule has 3 aromatic rings. The number of nitrogens with one attached hydrogen (secondary N) is 1. The van der Waals surface area contributed by atoms with Crippen molar-refractivity contribution in [2.45, 2.75) is 26.8 Å². The molecular formula is C22H25ClN2O5S. The number of carbonyl (C=O) groups excluding carboxylic acids is 2. The standard InChI is InChI=1S/C22H24N2O5S.ClH/c1-4-24-10-9-14-17(12-24)30-21(18(14)22(26)27-3)23-20(25)16-11-13-7-6-8-15(28-5-2)19(13)29-16;/h6-8,11H,4-5,9-10,12H2,1-3H3,(H,23,25);1H. The zero-order chi connectivity index (χ0) is 21.3. The number of hydrogen-bond acceptors (Lipinski definition) is 7. The van der Waals surface area contributed by atoms with Crippen LogP contribution in [0.3, 0.4) is 0 Å². The first-order valence-corrected chi connectivity index (χ1v) is 10.8. The number of fused-ring (bicyclic) bond motifs is 2. The Kier molecular flexibility index (Phi) is 7.25. The third-order valence-electron chi connectivity index (χ3n) is 5.23. The summed E-state index contributed by atoms with van der Waals surface area (Å²) < 4.78 is 16.4. The van der Waals surface area contributed by atoms with Crippen LogP contribution < -0.4 is 10.1 Å². The number of para-hydroxylation sites is 1. The maximum atomic E-state index is 12.9. The number of ether oxygens (including phenoxy) is 2. The lowest BCUT2D eigenvalue weighted by Crippen LogP contribution is -2.29. The molecule has 1 N–H and O–H groups in total. The fourth-order valence-corrected chi connectivity index (χ4v) is 4.99. The molecule has 0 spiro atoms. The summed E-state index contributed by atoms with van der Waals surface area (Å²) in [5.41, 5.74) is 1.95. The normalized spacial score (nSPS) is 13.4. The van der Waals surface area contributed by atoms with Gasteiger partial charge in [0.1, 0.15) is 5.00 Å². The minimum absolute atomic E-state index is 0. The second kappa shape index (κ2) is 9.72. The molecule has 2 aromatic heterocycles. The van der Waals surface area contributed by atoms with Crippen molar-refractivity contribution in [3.05, 3.63) is 46.0 Å². The van der Waals surface area contributed by atoms with Crippen LogP contribution in [0.4, 0.5) is 5.00 Å². The van der Waals surface area contributed by atoms with Crippen molar-refractivity contribution in [1.29, 1.82) is 0 Å². The predicted octanol–water partition coefficient (Wildman–Crippen LogP) is 4.73. The number of esters is 1. The number of benzene rings is 1. The van der Waals surface area contributed by atoms with Crippen molar-refractivity contribution in [3.63, 3.8) is 0 Å². The number of anilines is 1. The van der Waals surface area contributed by atoms with Crippen molar-refractivity contribution in [3.8, 4) is 5.75 Å². The minimum Gasteiger partial charge on any atom is -0.490 e. The fourth-order valence-electron chi connectivity index (χ4n) is 3.71. The van der Waals surface area contributed by atoms with Gasteiger partial charge in [-0.05, 0) is 37.6 Å². The van der Waals surface area contributed by atoms with E-state index in [1.54, 1.807) is 12.1 Å². The topological polar surface area (TPSA) is 81.0 Å². The van der Waals surface area contributed by atoms with E-state index in [4.69, 9.17) is 13.9 Å². The quantitative estimate of drug-likeness (QED) is 0.531. The zero-order valence-electron chi connectivity index (χ0n) is 17.6. The van der Waals surface area contributed by atoms with Crippen LogP contribution in [0.15, 0.2) is 28.7 Å². The van der Waals surface area contributed by atoms with E-state index in [1.807, 2.05) is 19.1 Å². The van der Waals surface area contributed by atoms with E-state index in [9.17, 15) is 9.59 Å². The summed E-state index contributed by atoms with van der Waals surface area (Å²) >= 11 is 1.43. The number of nitrogens with zero attached hydrogens (tertiary/aromatic N) is 1. The lowest BCUT2D eigenvalue weighted by atomic mass is 10.0. The maximum Gasteiger partial charge on any atom is 0.341 e. The second-order valence-corrected chi connectivity index (χ2v) is 8.10. The molecule has 4 rings (SSSR count). The Morgan fingerprint density at radius 3 is 2.81 bits per heavy atom. The highest BCUT2D eigenvalue weighted by atomic mass is 35.5. The molecule has 0 saturated heterocycles. The molecule has 3 heterocycles.